The summed E-state index contributed by atoms with van der Waals surface area (Å²) in [5.41, 5.74) is 1.46. The van der Waals surface area contributed by atoms with Gasteiger partial charge in [0.25, 0.3) is 0 Å². The molecule has 3 rings (SSSR count). The van der Waals surface area contributed by atoms with Gasteiger partial charge in [0.1, 0.15) is 0 Å². The van der Waals surface area contributed by atoms with Gasteiger partial charge < -0.3 is 5.32 Å². The van der Waals surface area contributed by atoms with Crippen molar-refractivity contribution in [3.05, 3.63) is 35.9 Å². The third-order valence-electron chi connectivity index (χ3n) is 3.95. The molecule has 1 atom stereocenters. The van der Waals surface area contributed by atoms with Crippen LogP contribution in [0.1, 0.15) is 24.8 Å². The van der Waals surface area contributed by atoms with Gasteiger partial charge in [-0.2, -0.15) is 0 Å². The van der Waals surface area contributed by atoms with Crippen LogP contribution in [0.2, 0.25) is 0 Å². The molecule has 2 fully saturated rings. The summed E-state index contributed by atoms with van der Waals surface area (Å²) in [6, 6.07) is 11.8. The average molecular weight is 230 g/mol. The van der Waals surface area contributed by atoms with Crippen molar-refractivity contribution in [1.29, 1.82) is 0 Å². The van der Waals surface area contributed by atoms with E-state index in [0.717, 1.165) is 18.5 Å². The summed E-state index contributed by atoms with van der Waals surface area (Å²) < 4.78 is 0. The predicted molar refractivity (Wildman–Crippen MR) is 70.9 cm³/mol. The second kappa shape index (κ2) is 5.19. The van der Waals surface area contributed by atoms with Gasteiger partial charge in [0.15, 0.2) is 0 Å². The van der Waals surface area contributed by atoms with E-state index >= 15 is 0 Å². The summed E-state index contributed by atoms with van der Waals surface area (Å²) >= 11 is 0. The van der Waals surface area contributed by atoms with E-state index in [1.807, 2.05) is 0 Å². The molecule has 17 heavy (non-hydrogen) atoms. The van der Waals surface area contributed by atoms with Crippen LogP contribution in [-0.2, 0) is 6.54 Å². The zero-order valence-corrected chi connectivity index (χ0v) is 10.4. The number of hydrogen-bond donors (Lipinski definition) is 1. The normalized spacial score (nSPS) is 24.4. The van der Waals surface area contributed by atoms with Crippen molar-refractivity contribution in [2.75, 3.05) is 19.6 Å². The Labute approximate surface area is 104 Å². The van der Waals surface area contributed by atoms with E-state index in [9.17, 15) is 0 Å². The zero-order valence-electron chi connectivity index (χ0n) is 10.4. The number of nitrogens with one attached hydrogen (secondary N) is 1. The molecule has 1 aliphatic heterocycles. The zero-order chi connectivity index (χ0) is 11.5. The minimum absolute atomic E-state index is 0.871. The molecule has 1 aromatic rings. The van der Waals surface area contributed by atoms with Crippen molar-refractivity contribution in [1.82, 2.24) is 10.2 Å². The van der Waals surface area contributed by atoms with E-state index in [4.69, 9.17) is 0 Å². The molecular weight excluding hydrogens is 208 g/mol. The van der Waals surface area contributed by atoms with Gasteiger partial charge in [0, 0.05) is 19.1 Å². The molecule has 1 heterocycles. The number of benzene rings is 1. The molecule has 1 aromatic carbocycles. The highest BCUT2D eigenvalue weighted by atomic mass is 15.2. The minimum atomic E-state index is 0.871. The molecule has 2 nitrogen and oxygen atoms in total. The highest BCUT2D eigenvalue weighted by molar-refractivity contribution is 5.15. The molecule has 0 unspecified atom stereocenters. The van der Waals surface area contributed by atoms with Crippen LogP contribution >= 0.6 is 0 Å². The molecule has 2 aliphatic rings. The van der Waals surface area contributed by atoms with Gasteiger partial charge in [0.05, 0.1) is 0 Å². The first-order chi connectivity index (χ1) is 8.42. The van der Waals surface area contributed by atoms with Crippen molar-refractivity contribution in [3.63, 3.8) is 0 Å². The summed E-state index contributed by atoms with van der Waals surface area (Å²) in [4.78, 5) is 2.70. The standard InChI is InChI=1S/C15H22N2/c1-2-4-13(5-3-1)11-17(15-6-7-15)12-14-8-9-16-10-14/h1-5,14-16H,6-12H2/t14-/m1/s1. The molecule has 0 bridgehead atoms. The Balaban J connectivity index is 1.60. The second-order valence-electron chi connectivity index (χ2n) is 5.51. The third kappa shape index (κ3) is 3.08. The van der Waals surface area contributed by atoms with Gasteiger partial charge in [-0.05, 0) is 43.8 Å². The topological polar surface area (TPSA) is 15.3 Å². The van der Waals surface area contributed by atoms with E-state index in [2.05, 4.69) is 40.5 Å². The summed E-state index contributed by atoms with van der Waals surface area (Å²) in [5.74, 6) is 0.874. The Morgan fingerprint density at radius 1 is 1.12 bits per heavy atom. The van der Waals surface area contributed by atoms with E-state index in [1.165, 1.54) is 44.5 Å². The lowest BCUT2D eigenvalue weighted by molar-refractivity contribution is 0.219. The molecule has 1 saturated carbocycles. The molecular formula is C15H22N2. The Kier molecular flexibility index (Phi) is 3.44. The molecule has 0 amide bonds. The lowest BCUT2D eigenvalue weighted by Gasteiger charge is -2.25. The van der Waals surface area contributed by atoms with Crippen LogP contribution in [0.5, 0.6) is 0 Å². The summed E-state index contributed by atoms with van der Waals surface area (Å²) in [6.07, 6.45) is 4.18. The first-order valence-corrected chi connectivity index (χ1v) is 6.90. The van der Waals surface area contributed by atoms with Crippen molar-refractivity contribution >= 4 is 0 Å². The van der Waals surface area contributed by atoms with Crippen LogP contribution in [0.3, 0.4) is 0 Å². The summed E-state index contributed by atoms with van der Waals surface area (Å²) in [6.45, 7) is 4.86. The lowest BCUT2D eigenvalue weighted by atomic mass is 10.1. The van der Waals surface area contributed by atoms with Gasteiger partial charge in [-0.25, -0.2) is 0 Å². The molecule has 0 aromatic heterocycles. The van der Waals surface area contributed by atoms with Crippen LogP contribution in [0.4, 0.5) is 0 Å². The minimum Gasteiger partial charge on any atom is -0.316 e. The molecule has 92 valence electrons. The molecule has 1 aliphatic carbocycles. The molecule has 1 saturated heterocycles. The highest BCUT2D eigenvalue weighted by Gasteiger charge is 2.31. The lowest BCUT2D eigenvalue weighted by Crippen LogP contribution is -2.32. The maximum absolute atomic E-state index is 3.47. The van der Waals surface area contributed by atoms with Gasteiger partial charge in [-0.3, -0.25) is 4.90 Å². The van der Waals surface area contributed by atoms with Gasteiger partial charge in [0.2, 0.25) is 0 Å². The van der Waals surface area contributed by atoms with Crippen LogP contribution in [0, 0.1) is 5.92 Å². The van der Waals surface area contributed by atoms with Crippen LogP contribution in [0.25, 0.3) is 0 Å². The van der Waals surface area contributed by atoms with E-state index in [0.29, 0.717) is 0 Å². The fraction of sp³-hybridized carbons (Fsp3) is 0.600. The number of hydrogen-bond acceptors (Lipinski definition) is 2. The molecule has 1 N–H and O–H groups in total. The van der Waals surface area contributed by atoms with E-state index in [1.54, 1.807) is 0 Å². The van der Waals surface area contributed by atoms with E-state index < -0.39 is 0 Å². The smallest absolute Gasteiger partial charge is 0.0236 e. The monoisotopic (exact) mass is 230 g/mol. The SMILES string of the molecule is c1ccc(CN(C[C@@H]2CCNC2)C2CC2)cc1. The highest BCUT2D eigenvalue weighted by Crippen LogP contribution is 2.29. The molecule has 2 heteroatoms. The van der Waals surface area contributed by atoms with E-state index in [-0.39, 0.29) is 0 Å². The van der Waals surface area contributed by atoms with Gasteiger partial charge >= 0.3 is 0 Å². The Bertz CT molecular complexity index is 339. The number of rotatable bonds is 5. The molecule has 0 spiro atoms. The Morgan fingerprint density at radius 3 is 2.59 bits per heavy atom. The maximum atomic E-state index is 3.47. The average Bonchev–Trinajstić information content (AvgIpc) is 3.09. The fourth-order valence-electron chi connectivity index (χ4n) is 2.80. The molecule has 0 radical (unpaired) electrons. The Morgan fingerprint density at radius 2 is 1.94 bits per heavy atom. The first kappa shape index (κ1) is 11.2. The Hall–Kier alpha value is -0.860. The fourth-order valence-corrected chi connectivity index (χ4v) is 2.80. The van der Waals surface area contributed by atoms with Crippen LogP contribution < -0.4 is 5.32 Å². The first-order valence-electron chi connectivity index (χ1n) is 6.90. The predicted octanol–water partition coefficient (Wildman–Crippen LogP) is 2.26. The second-order valence-corrected chi connectivity index (χ2v) is 5.51. The van der Waals surface area contributed by atoms with Crippen molar-refractivity contribution < 1.29 is 0 Å². The van der Waals surface area contributed by atoms with Crippen LogP contribution in [-0.4, -0.2) is 30.6 Å². The maximum Gasteiger partial charge on any atom is 0.0236 e. The number of nitrogens with zero attached hydrogens (tertiary/aromatic N) is 1. The quantitative estimate of drug-likeness (QED) is 0.834. The van der Waals surface area contributed by atoms with Crippen LogP contribution in [0.15, 0.2) is 30.3 Å². The third-order valence-corrected chi connectivity index (χ3v) is 3.95. The van der Waals surface area contributed by atoms with Crippen molar-refractivity contribution in [2.24, 2.45) is 5.92 Å². The van der Waals surface area contributed by atoms with Crippen molar-refractivity contribution in [3.8, 4) is 0 Å². The van der Waals surface area contributed by atoms with Crippen molar-refractivity contribution in [2.45, 2.75) is 31.8 Å². The largest absolute Gasteiger partial charge is 0.316 e. The summed E-state index contributed by atoms with van der Waals surface area (Å²) in [5, 5.41) is 3.47. The van der Waals surface area contributed by atoms with Gasteiger partial charge in [-0.15, -0.1) is 0 Å². The summed E-state index contributed by atoms with van der Waals surface area (Å²) in [7, 11) is 0. The van der Waals surface area contributed by atoms with Gasteiger partial charge in [-0.1, -0.05) is 30.3 Å².